The number of hydrogen-bond acceptors (Lipinski definition) is 1. The first-order valence-electron chi connectivity index (χ1n) is 5.79. The van der Waals surface area contributed by atoms with Crippen LogP contribution < -0.4 is 0 Å². The van der Waals surface area contributed by atoms with Gasteiger partial charge in [-0.3, -0.25) is 0 Å². The van der Waals surface area contributed by atoms with E-state index in [0.29, 0.717) is 4.75 Å². The maximum atomic E-state index is 2.32. The molecule has 15 heavy (non-hydrogen) atoms. The topological polar surface area (TPSA) is 0 Å². The molecule has 0 N–H and O–H groups in total. The summed E-state index contributed by atoms with van der Waals surface area (Å²) < 4.78 is 0.406. The summed E-state index contributed by atoms with van der Waals surface area (Å²) in [5.41, 5.74) is 2.87. The Kier molecular flexibility index (Phi) is 4.72. The zero-order valence-electron chi connectivity index (χ0n) is 10.3. The Hall–Kier alpha value is -0.430. The predicted octanol–water partition coefficient (Wildman–Crippen LogP) is 4.67. The van der Waals surface area contributed by atoms with Gasteiger partial charge in [-0.2, -0.15) is 11.8 Å². The lowest BCUT2D eigenvalue weighted by molar-refractivity contribution is 0.684. The molecule has 0 heterocycles. The van der Waals surface area contributed by atoms with Gasteiger partial charge in [-0.1, -0.05) is 52.0 Å². The minimum absolute atomic E-state index is 0.406. The van der Waals surface area contributed by atoms with Gasteiger partial charge in [0.15, 0.2) is 0 Å². The summed E-state index contributed by atoms with van der Waals surface area (Å²) >= 11 is 2.05. The van der Waals surface area contributed by atoms with Crippen LogP contribution in [0.4, 0.5) is 0 Å². The second-order valence-electron chi connectivity index (χ2n) is 4.57. The molecule has 1 heteroatoms. The smallest absolute Gasteiger partial charge is 0.0189 e. The van der Waals surface area contributed by atoms with Crippen LogP contribution in [0.3, 0.4) is 0 Å². The van der Waals surface area contributed by atoms with Crippen molar-refractivity contribution in [3.8, 4) is 0 Å². The fourth-order valence-corrected chi connectivity index (χ4v) is 2.21. The van der Waals surface area contributed by atoms with Crippen molar-refractivity contribution in [3.63, 3.8) is 0 Å². The Morgan fingerprint density at radius 3 is 2.00 bits per heavy atom. The summed E-state index contributed by atoms with van der Waals surface area (Å²) in [6, 6.07) is 9.01. The van der Waals surface area contributed by atoms with Crippen molar-refractivity contribution in [2.75, 3.05) is 0 Å². The van der Waals surface area contributed by atoms with Crippen LogP contribution in [0, 0.1) is 0 Å². The van der Waals surface area contributed by atoms with Crippen molar-refractivity contribution >= 4 is 11.8 Å². The van der Waals surface area contributed by atoms with Crippen molar-refractivity contribution in [3.05, 3.63) is 35.4 Å². The van der Waals surface area contributed by atoms with E-state index in [1.54, 1.807) is 0 Å². The third-order valence-corrected chi connectivity index (χ3v) is 4.46. The second-order valence-corrected chi connectivity index (χ2v) is 6.25. The van der Waals surface area contributed by atoms with E-state index in [0.717, 1.165) is 12.2 Å². The van der Waals surface area contributed by atoms with Gasteiger partial charge < -0.3 is 0 Å². The summed E-state index contributed by atoms with van der Waals surface area (Å²) in [7, 11) is 0. The summed E-state index contributed by atoms with van der Waals surface area (Å²) in [6.45, 7) is 9.09. The van der Waals surface area contributed by atoms with Gasteiger partial charge in [0.1, 0.15) is 0 Å². The molecular weight excluding hydrogens is 200 g/mol. The lowest BCUT2D eigenvalue weighted by atomic mass is 10.1. The standard InChI is InChI=1S/C14H22S/c1-5-12-7-9-13(10-8-12)11-15-14(3,4)6-2/h7-10H,5-6,11H2,1-4H3. The maximum absolute atomic E-state index is 2.32. The van der Waals surface area contributed by atoms with E-state index >= 15 is 0 Å². The van der Waals surface area contributed by atoms with Gasteiger partial charge in [-0.15, -0.1) is 0 Å². The molecule has 0 radical (unpaired) electrons. The molecule has 0 fully saturated rings. The predicted molar refractivity (Wildman–Crippen MR) is 71.5 cm³/mol. The Labute approximate surface area is 98.5 Å². The molecule has 0 saturated heterocycles. The largest absolute Gasteiger partial charge is 0.151 e. The van der Waals surface area contributed by atoms with Crippen LogP contribution in [0.15, 0.2) is 24.3 Å². The molecule has 1 aromatic rings. The number of hydrogen-bond donors (Lipinski definition) is 0. The Morgan fingerprint density at radius 1 is 1.00 bits per heavy atom. The monoisotopic (exact) mass is 222 g/mol. The molecule has 1 aromatic carbocycles. The van der Waals surface area contributed by atoms with Crippen molar-refractivity contribution in [1.82, 2.24) is 0 Å². The third-order valence-electron chi connectivity index (χ3n) is 2.91. The van der Waals surface area contributed by atoms with Crippen LogP contribution in [0.25, 0.3) is 0 Å². The highest BCUT2D eigenvalue weighted by molar-refractivity contribution is 7.99. The minimum atomic E-state index is 0.406. The molecule has 0 aliphatic carbocycles. The molecule has 0 unspecified atom stereocenters. The summed E-state index contributed by atoms with van der Waals surface area (Å²) in [5, 5.41) is 0. The van der Waals surface area contributed by atoms with Crippen molar-refractivity contribution < 1.29 is 0 Å². The van der Waals surface area contributed by atoms with Crippen molar-refractivity contribution in [2.45, 2.75) is 51.0 Å². The molecule has 0 amide bonds. The average molecular weight is 222 g/mol. The Bertz CT molecular complexity index is 285. The Morgan fingerprint density at radius 2 is 1.53 bits per heavy atom. The number of benzene rings is 1. The normalized spacial score (nSPS) is 11.7. The third kappa shape index (κ3) is 4.29. The highest BCUT2D eigenvalue weighted by atomic mass is 32.2. The van der Waals surface area contributed by atoms with Crippen LogP contribution in [0.5, 0.6) is 0 Å². The summed E-state index contributed by atoms with van der Waals surface area (Å²) in [5.74, 6) is 1.13. The maximum Gasteiger partial charge on any atom is 0.0189 e. The number of aryl methyl sites for hydroxylation is 1. The highest BCUT2D eigenvalue weighted by Gasteiger charge is 2.14. The van der Waals surface area contributed by atoms with Crippen molar-refractivity contribution in [2.24, 2.45) is 0 Å². The zero-order valence-corrected chi connectivity index (χ0v) is 11.2. The van der Waals surface area contributed by atoms with Gasteiger partial charge in [-0.05, 0) is 24.0 Å². The highest BCUT2D eigenvalue weighted by Crippen LogP contribution is 2.30. The molecule has 0 nitrogen and oxygen atoms in total. The molecule has 0 saturated carbocycles. The van der Waals surface area contributed by atoms with E-state index in [2.05, 4.69) is 52.0 Å². The van der Waals surface area contributed by atoms with Crippen LogP contribution in [-0.2, 0) is 12.2 Å². The summed E-state index contributed by atoms with van der Waals surface area (Å²) in [4.78, 5) is 0. The van der Waals surface area contributed by atoms with Gasteiger partial charge in [-0.25, -0.2) is 0 Å². The molecule has 0 aliphatic rings. The van der Waals surface area contributed by atoms with E-state index in [4.69, 9.17) is 0 Å². The minimum Gasteiger partial charge on any atom is -0.151 e. The van der Waals surface area contributed by atoms with E-state index in [1.807, 2.05) is 11.8 Å². The van der Waals surface area contributed by atoms with Gasteiger partial charge in [0.25, 0.3) is 0 Å². The molecule has 0 bridgehead atoms. The van der Waals surface area contributed by atoms with E-state index in [-0.39, 0.29) is 0 Å². The molecule has 1 rings (SSSR count). The van der Waals surface area contributed by atoms with Gasteiger partial charge in [0.2, 0.25) is 0 Å². The van der Waals surface area contributed by atoms with Crippen LogP contribution in [0.1, 0.15) is 45.2 Å². The fraction of sp³-hybridized carbons (Fsp3) is 0.571. The van der Waals surface area contributed by atoms with Gasteiger partial charge in [0.05, 0.1) is 0 Å². The molecule has 0 atom stereocenters. The first-order chi connectivity index (χ1) is 7.07. The van der Waals surface area contributed by atoms with E-state index in [9.17, 15) is 0 Å². The van der Waals surface area contributed by atoms with Crippen LogP contribution in [-0.4, -0.2) is 4.75 Å². The molecule has 0 spiro atoms. The SMILES string of the molecule is CCc1ccc(CSC(C)(C)CC)cc1. The summed E-state index contributed by atoms with van der Waals surface area (Å²) in [6.07, 6.45) is 2.36. The van der Waals surface area contributed by atoms with E-state index < -0.39 is 0 Å². The fourth-order valence-electron chi connectivity index (χ4n) is 1.25. The zero-order chi connectivity index (χ0) is 11.3. The first kappa shape index (κ1) is 12.6. The molecule has 84 valence electrons. The molecule has 0 aliphatic heterocycles. The molecular formula is C14H22S. The van der Waals surface area contributed by atoms with Gasteiger partial charge in [0, 0.05) is 10.5 Å². The first-order valence-corrected chi connectivity index (χ1v) is 6.77. The molecule has 0 aromatic heterocycles. The Balaban J connectivity index is 2.51. The van der Waals surface area contributed by atoms with Gasteiger partial charge >= 0.3 is 0 Å². The quantitative estimate of drug-likeness (QED) is 0.697. The van der Waals surface area contributed by atoms with E-state index in [1.165, 1.54) is 17.5 Å². The van der Waals surface area contributed by atoms with Crippen LogP contribution in [0.2, 0.25) is 0 Å². The number of thioether (sulfide) groups is 1. The van der Waals surface area contributed by atoms with Crippen LogP contribution >= 0.6 is 11.8 Å². The lowest BCUT2D eigenvalue weighted by Crippen LogP contribution is -2.12. The lowest BCUT2D eigenvalue weighted by Gasteiger charge is -2.21. The number of rotatable bonds is 5. The second kappa shape index (κ2) is 5.60. The van der Waals surface area contributed by atoms with Crippen molar-refractivity contribution in [1.29, 1.82) is 0 Å². The average Bonchev–Trinajstić information content (AvgIpc) is 2.27.